The molecule has 0 N–H and O–H groups in total. The Labute approximate surface area is 157 Å². The second-order valence-electron chi connectivity index (χ2n) is 7.77. The number of ether oxygens (including phenoxy) is 2. The largest absolute Gasteiger partial charge is 0.382 e. The summed E-state index contributed by atoms with van der Waals surface area (Å²) in [5, 5.41) is 0. The van der Waals surface area contributed by atoms with Gasteiger partial charge in [0.15, 0.2) is 0 Å². The molecule has 148 valence electrons. The van der Waals surface area contributed by atoms with Gasteiger partial charge in [-0.15, -0.1) is 0 Å². The van der Waals surface area contributed by atoms with Crippen molar-refractivity contribution in [1.82, 2.24) is 4.90 Å². The minimum atomic E-state index is -3.77. The van der Waals surface area contributed by atoms with Crippen LogP contribution in [-0.4, -0.2) is 64.5 Å². The van der Waals surface area contributed by atoms with Gasteiger partial charge in [0.05, 0.1) is 30.8 Å². The predicted octanol–water partition coefficient (Wildman–Crippen LogP) is 2.60. The second kappa shape index (κ2) is 8.80. The van der Waals surface area contributed by atoms with Crippen molar-refractivity contribution in [3.05, 3.63) is 29.8 Å². The molecule has 0 unspecified atom stereocenters. The zero-order valence-corrected chi connectivity index (χ0v) is 17.2. The number of hydrogen-bond acceptors (Lipinski definition) is 6. The minimum absolute atomic E-state index is 0.0962. The molecule has 2 rings (SSSR count). The summed E-state index contributed by atoms with van der Waals surface area (Å²) >= 11 is 0. The molecule has 0 radical (unpaired) electrons. The Kier molecular flexibility index (Phi) is 7.21. The van der Waals surface area contributed by atoms with E-state index in [1.807, 2.05) is 6.92 Å². The van der Waals surface area contributed by atoms with Crippen molar-refractivity contribution in [3.63, 3.8) is 0 Å². The van der Waals surface area contributed by atoms with Gasteiger partial charge in [0.2, 0.25) is 0 Å². The van der Waals surface area contributed by atoms with Crippen molar-refractivity contribution < 1.29 is 22.1 Å². The van der Waals surface area contributed by atoms with E-state index in [4.69, 9.17) is 13.7 Å². The van der Waals surface area contributed by atoms with E-state index in [-0.39, 0.29) is 22.6 Å². The normalized spacial score (nSPS) is 22.0. The lowest BCUT2D eigenvalue weighted by atomic mass is 10.1. The molecule has 0 bridgehead atoms. The molecule has 6 nitrogen and oxygen atoms in total. The number of aryl methyl sites for hydroxylation is 1. The predicted molar refractivity (Wildman–Crippen MR) is 101 cm³/mol. The molecule has 26 heavy (non-hydrogen) atoms. The third-order valence-electron chi connectivity index (χ3n) is 4.55. The first-order valence-corrected chi connectivity index (χ1v) is 10.4. The maximum atomic E-state index is 12.6. The summed E-state index contributed by atoms with van der Waals surface area (Å²) in [6.07, 6.45) is 0.242. The number of methoxy groups -OCH3 is 1. The highest BCUT2D eigenvalue weighted by Gasteiger charge is 2.40. The molecule has 0 aliphatic carbocycles. The quantitative estimate of drug-likeness (QED) is 0.506. The summed E-state index contributed by atoms with van der Waals surface area (Å²) in [6.45, 7) is 10.4. The standard InChI is InChI=1S/C19H31NO5S/c1-15-6-8-18(9-7-15)26(21,22)25-17-12-16(14-24-11-10-23-5)20(13-17)19(2,3)4/h6-9,16-17H,10-14H2,1-5H3/t16-,17-/m0/s1. The van der Waals surface area contributed by atoms with Crippen molar-refractivity contribution in [2.45, 2.75) is 56.7 Å². The summed E-state index contributed by atoms with van der Waals surface area (Å²) in [4.78, 5) is 2.46. The monoisotopic (exact) mass is 385 g/mol. The average molecular weight is 386 g/mol. The number of nitrogens with zero attached hydrogens (tertiary/aromatic N) is 1. The van der Waals surface area contributed by atoms with Crippen molar-refractivity contribution in [1.29, 1.82) is 0 Å². The van der Waals surface area contributed by atoms with Crippen molar-refractivity contribution in [3.8, 4) is 0 Å². The number of benzene rings is 1. The van der Waals surface area contributed by atoms with E-state index in [0.717, 1.165) is 5.56 Å². The van der Waals surface area contributed by atoms with Gasteiger partial charge in [-0.25, -0.2) is 0 Å². The molecular formula is C19H31NO5S. The molecule has 1 saturated heterocycles. The van der Waals surface area contributed by atoms with E-state index in [1.165, 1.54) is 0 Å². The third-order valence-corrected chi connectivity index (χ3v) is 5.93. The van der Waals surface area contributed by atoms with Crippen LogP contribution in [0.3, 0.4) is 0 Å². The van der Waals surface area contributed by atoms with Crippen LogP contribution in [0.1, 0.15) is 32.8 Å². The van der Waals surface area contributed by atoms with Crippen LogP contribution in [-0.2, 0) is 23.8 Å². The number of likely N-dealkylation sites (tertiary alicyclic amines) is 1. The molecule has 1 aromatic carbocycles. The SMILES string of the molecule is COCCOC[C@@H]1C[C@H](OS(=O)(=O)c2ccc(C)cc2)CN1C(C)(C)C. The fourth-order valence-corrected chi connectivity index (χ4v) is 4.30. The van der Waals surface area contributed by atoms with Gasteiger partial charge in [0, 0.05) is 25.2 Å². The first kappa shape index (κ1) is 21.3. The lowest BCUT2D eigenvalue weighted by Crippen LogP contribution is -2.46. The van der Waals surface area contributed by atoms with Crippen LogP contribution in [0, 0.1) is 6.92 Å². The van der Waals surface area contributed by atoms with Gasteiger partial charge in [-0.1, -0.05) is 17.7 Å². The second-order valence-corrected chi connectivity index (χ2v) is 9.34. The number of rotatable bonds is 8. The molecule has 1 fully saturated rings. The molecule has 1 heterocycles. The molecule has 0 spiro atoms. The van der Waals surface area contributed by atoms with Crippen LogP contribution < -0.4 is 0 Å². The number of hydrogen-bond donors (Lipinski definition) is 0. The average Bonchev–Trinajstić information content (AvgIpc) is 2.94. The van der Waals surface area contributed by atoms with Crippen LogP contribution in [0.15, 0.2) is 29.2 Å². The lowest BCUT2D eigenvalue weighted by Gasteiger charge is -2.36. The lowest BCUT2D eigenvalue weighted by molar-refractivity contribution is 0.0178. The Morgan fingerprint density at radius 1 is 1.15 bits per heavy atom. The van der Waals surface area contributed by atoms with Gasteiger partial charge >= 0.3 is 0 Å². The fraction of sp³-hybridized carbons (Fsp3) is 0.684. The molecular weight excluding hydrogens is 354 g/mol. The van der Waals surface area contributed by atoms with E-state index in [2.05, 4.69) is 25.7 Å². The van der Waals surface area contributed by atoms with E-state index < -0.39 is 10.1 Å². The maximum Gasteiger partial charge on any atom is 0.297 e. The van der Waals surface area contributed by atoms with Crippen molar-refractivity contribution in [2.75, 3.05) is 33.5 Å². The third kappa shape index (κ3) is 5.76. The van der Waals surface area contributed by atoms with Crippen LogP contribution in [0.5, 0.6) is 0 Å². The highest BCUT2D eigenvalue weighted by Crippen LogP contribution is 2.30. The molecule has 7 heteroatoms. The zero-order valence-electron chi connectivity index (χ0n) is 16.4. The molecule has 2 atom stereocenters. The van der Waals surface area contributed by atoms with Crippen LogP contribution in [0.2, 0.25) is 0 Å². The van der Waals surface area contributed by atoms with Gasteiger partial charge < -0.3 is 9.47 Å². The van der Waals surface area contributed by atoms with Gasteiger partial charge in [-0.2, -0.15) is 8.42 Å². The van der Waals surface area contributed by atoms with Gasteiger partial charge in [-0.3, -0.25) is 9.08 Å². The first-order valence-electron chi connectivity index (χ1n) is 8.97. The Hall–Kier alpha value is -0.990. The molecule has 0 saturated carbocycles. The Balaban J connectivity index is 2.04. The van der Waals surface area contributed by atoms with Crippen LogP contribution in [0.4, 0.5) is 0 Å². The van der Waals surface area contributed by atoms with Gasteiger partial charge in [-0.05, 0) is 46.2 Å². The Morgan fingerprint density at radius 2 is 1.81 bits per heavy atom. The summed E-state index contributed by atoms with van der Waals surface area (Å²) < 4.78 is 41.4. The maximum absolute atomic E-state index is 12.6. The zero-order chi connectivity index (χ0) is 19.4. The first-order chi connectivity index (χ1) is 12.1. The van der Waals surface area contributed by atoms with Crippen LogP contribution in [0.25, 0.3) is 0 Å². The molecule has 1 aromatic rings. The van der Waals surface area contributed by atoms with Crippen molar-refractivity contribution >= 4 is 10.1 Å². The summed E-state index contributed by atoms with van der Waals surface area (Å²) in [5.74, 6) is 0. The minimum Gasteiger partial charge on any atom is -0.382 e. The summed E-state index contributed by atoms with van der Waals surface area (Å²) in [7, 11) is -2.13. The molecule has 1 aliphatic rings. The van der Waals surface area contributed by atoms with E-state index in [9.17, 15) is 8.42 Å². The summed E-state index contributed by atoms with van der Waals surface area (Å²) in [5.41, 5.74) is 0.915. The Bertz CT molecular complexity index is 666. The summed E-state index contributed by atoms with van der Waals surface area (Å²) in [6, 6.07) is 6.85. The Morgan fingerprint density at radius 3 is 2.38 bits per heavy atom. The highest BCUT2D eigenvalue weighted by molar-refractivity contribution is 7.86. The fourth-order valence-electron chi connectivity index (χ4n) is 3.22. The van der Waals surface area contributed by atoms with E-state index in [1.54, 1.807) is 31.4 Å². The molecule has 0 aromatic heterocycles. The van der Waals surface area contributed by atoms with Gasteiger partial charge in [0.1, 0.15) is 0 Å². The highest BCUT2D eigenvalue weighted by atomic mass is 32.2. The van der Waals surface area contributed by atoms with E-state index >= 15 is 0 Å². The van der Waals surface area contributed by atoms with E-state index in [0.29, 0.717) is 32.8 Å². The molecule has 1 aliphatic heterocycles. The smallest absolute Gasteiger partial charge is 0.297 e. The van der Waals surface area contributed by atoms with Gasteiger partial charge in [0.25, 0.3) is 10.1 Å². The van der Waals surface area contributed by atoms with Crippen molar-refractivity contribution in [2.24, 2.45) is 0 Å². The topological polar surface area (TPSA) is 65.1 Å². The van der Waals surface area contributed by atoms with Crippen LogP contribution >= 0.6 is 0 Å². The molecule has 0 amide bonds.